The van der Waals surface area contributed by atoms with Crippen molar-refractivity contribution in [2.45, 2.75) is 32.9 Å². The third kappa shape index (κ3) is 5.36. The zero-order valence-electron chi connectivity index (χ0n) is 20.7. The first-order valence-electron chi connectivity index (χ1n) is 12.3. The molecule has 2 saturated heterocycles. The normalized spacial score (nSPS) is 18.6. The number of rotatable bonds is 4. The molecule has 0 aliphatic carbocycles. The molecule has 1 atom stereocenters. The van der Waals surface area contributed by atoms with Crippen molar-refractivity contribution in [1.82, 2.24) is 14.3 Å². The molecule has 0 unspecified atom stereocenters. The molecule has 2 fully saturated rings. The highest BCUT2D eigenvalue weighted by Gasteiger charge is 2.36. The molecule has 0 radical (unpaired) electrons. The first-order valence-corrected chi connectivity index (χ1v) is 12.3. The Morgan fingerprint density at radius 2 is 1.92 bits per heavy atom. The number of hydrogen-bond donors (Lipinski definition) is 1. The van der Waals surface area contributed by atoms with Crippen LogP contribution in [0.15, 0.2) is 30.6 Å². The molecule has 0 saturated carbocycles. The molecule has 1 N–H and O–H groups in total. The van der Waals surface area contributed by atoms with Gasteiger partial charge in [0.1, 0.15) is 5.82 Å². The van der Waals surface area contributed by atoms with Gasteiger partial charge in [0.2, 0.25) is 0 Å². The van der Waals surface area contributed by atoms with E-state index in [4.69, 9.17) is 4.74 Å². The highest BCUT2D eigenvalue weighted by atomic mass is 19.4. The topological polar surface area (TPSA) is 62.1 Å². The van der Waals surface area contributed by atoms with Crippen LogP contribution in [0, 0.1) is 25.6 Å². The van der Waals surface area contributed by atoms with Gasteiger partial charge in [0.15, 0.2) is 5.65 Å². The zero-order chi connectivity index (χ0) is 26.3. The van der Waals surface area contributed by atoms with E-state index in [1.807, 2.05) is 23.6 Å². The number of aromatic nitrogens is 2. The maximum atomic E-state index is 14.9. The average molecular weight is 520 g/mol. The maximum Gasteiger partial charge on any atom is 0.389 e. The van der Waals surface area contributed by atoms with E-state index >= 15 is 0 Å². The second kappa shape index (κ2) is 9.85. The number of fused-ring (bicyclic) bond motifs is 1. The number of pyridine rings is 1. The van der Waals surface area contributed by atoms with E-state index in [0.29, 0.717) is 18.8 Å². The van der Waals surface area contributed by atoms with Gasteiger partial charge in [0, 0.05) is 56.3 Å². The predicted octanol–water partition coefficient (Wildman–Crippen LogP) is 5.40. The summed E-state index contributed by atoms with van der Waals surface area (Å²) < 4.78 is 60.6. The first kappa shape index (κ1) is 25.3. The van der Waals surface area contributed by atoms with Gasteiger partial charge in [-0.2, -0.15) is 13.2 Å². The van der Waals surface area contributed by atoms with E-state index in [1.54, 1.807) is 19.2 Å². The Morgan fingerprint density at radius 1 is 1.16 bits per heavy atom. The smallest absolute Gasteiger partial charge is 0.378 e. The summed E-state index contributed by atoms with van der Waals surface area (Å²) in [6.45, 7) is 6.62. The van der Waals surface area contributed by atoms with Crippen molar-refractivity contribution in [3.63, 3.8) is 0 Å². The summed E-state index contributed by atoms with van der Waals surface area (Å²) >= 11 is 0. The Labute approximate surface area is 212 Å². The van der Waals surface area contributed by atoms with Crippen molar-refractivity contribution in [3.05, 3.63) is 47.7 Å². The monoisotopic (exact) mass is 519 g/mol. The molecule has 2 amide bonds. The number of hydrogen-bond acceptors (Lipinski definition) is 4. The summed E-state index contributed by atoms with van der Waals surface area (Å²) in [5.41, 5.74) is 4.94. The first-order chi connectivity index (χ1) is 17.6. The van der Waals surface area contributed by atoms with Gasteiger partial charge in [-0.1, -0.05) is 0 Å². The van der Waals surface area contributed by atoms with Crippen molar-refractivity contribution in [3.8, 4) is 11.1 Å². The van der Waals surface area contributed by atoms with E-state index in [1.165, 1.54) is 11.0 Å². The summed E-state index contributed by atoms with van der Waals surface area (Å²) in [6.07, 6.45) is -1.20. The molecule has 5 rings (SSSR count). The lowest BCUT2D eigenvalue weighted by Gasteiger charge is -2.29. The quantitative estimate of drug-likeness (QED) is 0.469. The minimum Gasteiger partial charge on any atom is -0.378 e. The molecule has 0 bridgehead atoms. The number of halogens is 4. The van der Waals surface area contributed by atoms with Gasteiger partial charge in [-0.15, -0.1) is 0 Å². The van der Waals surface area contributed by atoms with E-state index in [-0.39, 0.29) is 25.2 Å². The molecule has 198 valence electrons. The predicted molar refractivity (Wildman–Crippen MR) is 132 cm³/mol. The summed E-state index contributed by atoms with van der Waals surface area (Å²) in [5, 5.41) is 2.58. The van der Waals surface area contributed by atoms with Gasteiger partial charge in [-0.25, -0.2) is 14.2 Å². The third-order valence-electron chi connectivity index (χ3n) is 7.08. The molecule has 2 aliphatic rings. The van der Waals surface area contributed by atoms with Crippen LogP contribution < -0.4 is 10.2 Å². The van der Waals surface area contributed by atoms with Crippen LogP contribution >= 0.6 is 0 Å². The Kier molecular flexibility index (Phi) is 6.74. The molecule has 2 aliphatic heterocycles. The SMILES string of the molecule is Cc1cc(F)c(NC(=O)N2CC[C@@H](CC(F)(F)F)C2)cc1-c1cc(N2CCOCC2)c2ncc(C)n2c1. The number of nitrogens with zero attached hydrogens (tertiary/aromatic N) is 4. The maximum absolute atomic E-state index is 14.9. The summed E-state index contributed by atoms with van der Waals surface area (Å²) in [4.78, 5) is 20.9. The molecule has 4 heterocycles. The number of aryl methyl sites for hydroxylation is 2. The fraction of sp³-hybridized carbons (Fsp3) is 0.462. The number of alkyl halides is 3. The van der Waals surface area contributed by atoms with Gasteiger partial charge < -0.3 is 24.3 Å². The lowest BCUT2D eigenvalue weighted by Crippen LogP contribution is -2.36. The molecule has 1 aromatic carbocycles. The van der Waals surface area contributed by atoms with Crippen LogP contribution in [0.25, 0.3) is 16.8 Å². The summed E-state index contributed by atoms with van der Waals surface area (Å²) in [5.74, 6) is -1.25. The van der Waals surface area contributed by atoms with Gasteiger partial charge in [-0.3, -0.25) is 0 Å². The number of carbonyl (C=O) groups excluding carboxylic acids is 1. The van der Waals surface area contributed by atoms with E-state index < -0.39 is 30.4 Å². The number of likely N-dealkylation sites (tertiary alicyclic amines) is 1. The number of benzene rings is 1. The highest BCUT2D eigenvalue weighted by molar-refractivity contribution is 5.91. The van der Waals surface area contributed by atoms with Crippen molar-refractivity contribution >= 4 is 23.1 Å². The fourth-order valence-corrected chi connectivity index (χ4v) is 5.16. The molecule has 2 aromatic heterocycles. The van der Waals surface area contributed by atoms with Gasteiger partial charge in [0.05, 0.1) is 24.6 Å². The van der Waals surface area contributed by atoms with Crippen molar-refractivity contribution < 1.29 is 27.1 Å². The molecule has 7 nitrogen and oxygen atoms in total. The van der Waals surface area contributed by atoms with E-state index in [9.17, 15) is 22.4 Å². The minimum atomic E-state index is -4.27. The van der Waals surface area contributed by atoms with Crippen LogP contribution in [-0.4, -0.2) is 65.9 Å². The lowest BCUT2D eigenvalue weighted by molar-refractivity contribution is -0.143. The molecule has 0 spiro atoms. The van der Waals surface area contributed by atoms with Gasteiger partial charge in [-0.05, 0) is 55.5 Å². The van der Waals surface area contributed by atoms with Gasteiger partial charge in [0.25, 0.3) is 0 Å². The van der Waals surface area contributed by atoms with Crippen molar-refractivity contribution in [2.75, 3.05) is 49.6 Å². The van der Waals surface area contributed by atoms with Crippen molar-refractivity contribution in [1.29, 1.82) is 0 Å². The van der Waals surface area contributed by atoms with E-state index in [2.05, 4.69) is 15.2 Å². The Balaban J connectivity index is 1.44. The highest BCUT2D eigenvalue weighted by Crippen LogP contribution is 2.35. The number of imidazole rings is 1. The fourth-order valence-electron chi connectivity index (χ4n) is 5.16. The second-order valence-corrected chi connectivity index (χ2v) is 9.80. The number of carbonyl (C=O) groups is 1. The Morgan fingerprint density at radius 3 is 2.65 bits per heavy atom. The number of morpholine rings is 1. The Bertz CT molecular complexity index is 1320. The third-order valence-corrected chi connectivity index (χ3v) is 7.08. The molecule has 37 heavy (non-hydrogen) atoms. The van der Waals surface area contributed by atoms with Gasteiger partial charge >= 0.3 is 12.2 Å². The average Bonchev–Trinajstić information content (AvgIpc) is 3.46. The standard InChI is InChI=1S/C26H29F4N5O2/c1-16-9-21(27)22(32-25(36)34-4-3-18(14-34)12-26(28,29)30)11-20(16)19-10-23(33-5-7-37-8-6-33)24-31-13-17(2)35(24)15-19/h9-11,13,15,18H,3-8,12,14H2,1-2H3,(H,32,36)/t18-/m0/s1. The number of ether oxygens (including phenoxy) is 1. The van der Waals surface area contributed by atoms with Crippen LogP contribution in [0.5, 0.6) is 0 Å². The van der Waals surface area contributed by atoms with E-state index in [0.717, 1.165) is 41.2 Å². The Hall–Kier alpha value is -3.34. The number of urea groups is 1. The molecule has 3 aromatic rings. The summed E-state index contributed by atoms with van der Waals surface area (Å²) in [7, 11) is 0. The number of amides is 2. The van der Waals surface area contributed by atoms with Crippen LogP contribution in [0.2, 0.25) is 0 Å². The zero-order valence-corrected chi connectivity index (χ0v) is 20.7. The van der Waals surface area contributed by atoms with Crippen LogP contribution in [0.3, 0.4) is 0 Å². The summed E-state index contributed by atoms with van der Waals surface area (Å²) in [6, 6.07) is 4.36. The lowest BCUT2D eigenvalue weighted by atomic mass is 10.00. The van der Waals surface area contributed by atoms with Crippen LogP contribution in [-0.2, 0) is 4.74 Å². The molecule has 11 heteroatoms. The second-order valence-electron chi connectivity index (χ2n) is 9.80. The number of anilines is 2. The molecular weight excluding hydrogens is 490 g/mol. The molecular formula is C26H29F4N5O2. The minimum absolute atomic E-state index is 0.00877. The largest absolute Gasteiger partial charge is 0.389 e. The van der Waals surface area contributed by atoms with Crippen molar-refractivity contribution in [2.24, 2.45) is 5.92 Å². The number of nitrogens with one attached hydrogen (secondary N) is 1. The van der Waals surface area contributed by atoms with Crippen LogP contribution in [0.4, 0.5) is 33.7 Å². The van der Waals surface area contributed by atoms with Crippen LogP contribution in [0.1, 0.15) is 24.1 Å².